The van der Waals surface area contributed by atoms with Gasteiger partial charge in [-0.15, -0.1) is 0 Å². The molecule has 0 saturated carbocycles. The highest BCUT2D eigenvalue weighted by molar-refractivity contribution is 5.77. The van der Waals surface area contributed by atoms with Crippen LogP contribution in [-0.2, 0) is 11.3 Å². The number of hydrogen-bond acceptors (Lipinski definition) is 5. The van der Waals surface area contributed by atoms with Crippen molar-refractivity contribution in [2.45, 2.75) is 31.9 Å². The van der Waals surface area contributed by atoms with Gasteiger partial charge >= 0.3 is 5.69 Å². The smallest absolute Gasteiger partial charge is 0.328 e. The molecule has 0 spiro atoms. The number of hydrogen-bond donors (Lipinski definition) is 2. The van der Waals surface area contributed by atoms with Crippen LogP contribution < -0.4 is 26.0 Å². The van der Waals surface area contributed by atoms with Crippen molar-refractivity contribution in [3.63, 3.8) is 0 Å². The summed E-state index contributed by atoms with van der Waals surface area (Å²) in [6, 6.07) is 14.3. The summed E-state index contributed by atoms with van der Waals surface area (Å²) in [5.74, 6) is 1.28. The second-order valence-electron chi connectivity index (χ2n) is 7.19. The van der Waals surface area contributed by atoms with E-state index >= 15 is 0 Å². The average Bonchev–Trinajstić information content (AvgIpc) is 2.77. The molecule has 2 aromatic carbocycles. The second-order valence-corrected chi connectivity index (χ2v) is 7.19. The van der Waals surface area contributed by atoms with Crippen molar-refractivity contribution in [2.24, 2.45) is 0 Å². The van der Waals surface area contributed by atoms with Gasteiger partial charge in [0.25, 0.3) is 5.56 Å². The highest BCUT2D eigenvalue weighted by Crippen LogP contribution is 2.30. The van der Waals surface area contributed by atoms with Crippen LogP contribution in [0.3, 0.4) is 0 Å². The van der Waals surface area contributed by atoms with Gasteiger partial charge in [0.05, 0.1) is 17.4 Å². The van der Waals surface area contributed by atoms with Crippen molar-refractivity contribution in [3.05, 3.63) is 69.4 Å². The molecule has 0 unspecified atom stereocenters. The lowest BCUT2D eigenvalue weighted by molar-refractivity contribution is -0.121. The maximum atomic E-state index is 12.5. The molecule has 8 nitrogen and oxygen atoms in total. The first kappa shape index (κ1) is 19.8. The van der Waals surface area contributed by atoms with Crippen LogP contribution in [0.25, 0.3) is 10.9 Å². The standard InChI is InChI=1S/C22H23N3O5/c26-20(23-13-15-14-29-18-9-3-4-10-19(18)30-15)11-5-6-12-25-21(27)16-7-1-2-8-17(16)24-22(25)28/h1-4,7-10,15H,5-6,11-14H2,(H,23,26)(H,24,28)/t15-/m1/s1. The number of fused-ring (bicyclic) bond motifs is 2. The monoisotopic (exact) mass is 409 g/mol. The molecule has 1 aliphatic rings. The normalized spacial score (nSPS) is 15.1. The van der Waals surface area contributed by atoms with Crippen LogP contribution in [0, 0.1) is 0 Å². The third kappa shape index (κ3) is 4.37. The van der Waals surface area contributed by atoms with Gasteiger partial charge in [-0.25, -0.2) is 4.79 Å². The van der Waals surface area contributed by atoms with Gasteiger partial charge in [0.1, 0.15) is 12.7 Å². The van der Waals surface area contributed by atoms with Crippen molar-refractivity contribution in [2.75, 3.05) is 13.2 Å². The fourth-order valence-electron chi connectivity index (χ4n) is 3.44. The number of aromatic amines is 1. The molecule has 1 amide bonds. The number of carbonyl (C=O) groups excluding carboxylic acids is 1. The third-order valence-corrected chi connectivity index (χ3v) is 5.02. The predicted molar refractivity (Wildman–Crippen MR) is 112 cm³/mol. The maximum absolute atomic E-state index is 12.5. The van der Waals surface area contributed by atoms with E-state index in [0.717, 1.165) is 0 Å². The van der Waals surface area contributed by atoms with Gasteiger partial charge in [0.2, 0.25) is 5.91 Å². The van der Waals surface area contributed by atoms with E-state index in [-0.39, 0.29) is 24.1 Å². The highest BCUT2D eigenvalue weighted by Gasteiger charge is 2.20. The van der Waals surface area contributed by atoms with E-state index in [4.69, 9.17) is 9.47 Å². The Balaban J connectivity index is 1.23. The average molecular weight is 409 g/mol. The molecule has 2 heterocycles. The summed E-state index contributed by atoms with van der Waals surface area (Å²) >= 11 is 0. The molecule has 30 heavy (non-hydrogen) atoms. The fraction of sp³-hybridized carbons (Fsp3) is 0.318. The van der Waals surface area contributed by atoms with E-state index in [1.54, 1.807) is 24.3 Å². The predicted octanol–water partition coefficient (Wildman–Crippen LogP) is 1.82. The molecular formula is C22H23N3O5. The highest BCUT2D eigenvalue weighted by atomic mass is 16.6. The van der Waals surface area contributed by atoms with Crippen LogP contribution >= 0.6 is 0 Å². The summed E-state index contributed by atoms with van der Waals surface area (Å²) in [7, 11) is 0. The maximum Gasteiger partial charge on any atom is 0.328 e. The van der Waals surface area contributed by atoms with Gasteiger partial charge in [-0.2, -0.15) is 0 Å². The number of nitrogens with zero attached hydrogens (tertiary/aromatic N) is 1. The molecule has 1 aromatic heterocycles. The number of H-pyrrole nitrogens is 1. The Kier molecular flexibility index (Phi) is 5.83. The van der Waals surface area contributed by atoms with Crippen molar-refractivity contribution < 1.29 is 14.3 Å². The summed E-state index contributed by atoms with van der Waals surface area (Å²) in [6.45, 7) is 1.00. The summed E-state index contributed by atoms with van der Waals surface area (Å²) < 4.78 is 12.6. The molecule has 0 radical (unpaired) electrons. The van der Waals surface area contributed by atoms with Crippen LogP contribution in [-0.4, -0.2) is 34.7 Å². The molecular weight excluding hydrogens is 386 g/mol. The minimum absolute atomic E-state index is 0.0998. The molecule has 4 rings (SSSR count). The lowest BCUT2D eigenvalue weighted by Gasteiger charge is -2.26. The van der Waals surface area contributed by atoms with E-state index in [2.05, 4.69) is 10.3 Å². The van der Waals surface area contributed by atoms with Crippen LogP contribution in [0.15, 0.2) is 58.1 Å². The van der Waals surface area contributed by atoms with E-state index < -0.39 is 5.69 Å². The first-order valence-electron chi connectivity index (χ1n) is 9.99. The Bertz CT molecular complexity index is 1170. The number of nitrogens with one attached hydrogen (secondary N) is 2. The number of benzene rings is 2. The molecule has 8 heteroatoms. The summed E-state index contributed by atoms with van der Waals surface area (Å²) in [5.41, 5.74) is -0.217. The number of rotatable bonds is 7. The van der Waals surface area contributed by atoms with Gasteiger partial charge in [-0.1, -0.05) is 24.3 Å². The van der Waals surface area contributed by atoms with Gasteiger partial charge in [-0.05, 0) is 37.1 Å². The van der Waals surface area contributed by atoms with Crippen molar-refractivity contribution in [1.29, 1.82) is 0 Å². The first-order valence-corrected chi connectivity index (χ1v) is 9.99. The number of unbranched alkanes of at least 4 members (excludes halogenated alkanes) is 1. The van der Waals surface area contributed by atoms with Crippen molar-refractivity contribution in [3.8, 4) is 11.5 Å². The Morgan fingerprint density at radius 2 is 1.83 bits per heavy atom. The Morgan fingerprint density at radius 3 is 2.70 bits per heavy atom. The van der Waals surface area contributed by atoms with Gasteiger partial charge < -0.3 is 19.8 Å². The quantitative estimate of drug-likeness (QED) is 0.580. The number of aromatic nitrogens is 2. The molecule has 3 aromatic rings. The molecule has 156 valence electrons. The zero-order valence-electron chi connectivity index (χ0n) is 16.4. The zero-order chi connectivity index (χ0) is 20.9. The topological polar surface area (TPSA) is 102 Å². The largest absolute Gasteiger partial charge is 0.486 e. The molecule has 2 N–H and O–H groups in total. The summed E-state index contributed by atoms with van der Waals surface area (Å²) in [5, 5.41) is 3.33. The number of para-hydroxylation sites is 3. The molecule has 1 aliphatic heterocycles. The van der Waals surface area contributed by atoms with Gasteiger partial charge in [0, 0.05) is 13.0 Å². The Hall–Kier alpha value is -3.55. The van der Waals surface area contributed by atoms with Gasteiger partial charge in [-0.3, -0.25) is 14.2 Å². The van der Waals surface area contributed by atoms with E-state index in [1.165, 1.54) is 4.57 Å². The lowest BCUT2D eigenvalue weighted by Crippen LogP contribution is -2.40. The molecule has 0 saturated heterocycles. The van der Waals surface area contributed by atoms with Crippen LogP contribution in [0.4, 0.5) is 0 Å². The van der Waals surface area contributed by atoms with E-state index in [1.807, 2.05) is 24.3 Å². The molecule has 0 aliphatic carbocycles. The first-order chi connectivity index (χ1) is 14.6. The Morgan fingerprint density at radius 1 is 1.07 bits per heavy atom. The van der Waals surface area contributed by atoms with Crippen molar-refractivity contribution in [1.82, 2.24) is 14.9 Å². The van der Waals surface area contributed by atoms with E-state index in [0.29, 0.717) is 54.8 Å². The summed E-state index contributed by atoms with van der Waals surface area (Å²) in [6.07, 6.45) is 1.18. The minimum atomic E-state index is -0.433. The third-order valence-electron chi connectivity index (χ3n) is 5.02. The lowest BCUT2D eigenvalue weighted by atomic mass is 10.2. The number of ether oxygens (including phenoxy) is 2. The molecule has 0 bridgehead atoms. The van der Waals surface area contributed by atoms with Crippen LogP contribution in [0.5, 0.6) is 11.5 Å². The molecule has 1 atom stereocenters. The van der Waals surface area contributed by atoms with E-state index in [9.17, 15) is 14.4 Å². The second kappa shape index (κ2) is 8.86. The van der Waals surface area contributed by atoms with Gasteiger partial charge in [0.15, 0.2) is 11.5 Å². The Labute approximate surface area is 172 Å². The van der Waals surface area contributed by atoms with Crippen LogP contribution in [0.1, 0.15) is 19.3 Å². The number of carbonyl (C=O) groups is 1. The zero-order valence-corrected chi connectivity index (χ0v) is 16.4. The molecule has 0 fully saturated rings. The number of amides is 1. The van der Waals surface area contributed by atoms with Crippen molar-refractivity contribution >= 4 is 16.8 Å². The summed E-state index contributed by atoms with van der Waals surface area (Å²) in [4.78, 5) is 39.5. The SMILES string of the molecule is O=C(CCCCn1c(=O)[nH]c2ccccc2c1=O)NC[C@@H]1COc2ccccc2O1. The fourth-order valence-corrected chi connectivity index (χ4v) is 3.44. The minimum Gasteiger partial charge on any atom is -0.486 e. The van der Waals surface area contributed by atoms with Crippen LogP contribution in [0.2, 0.25) is 0 Å².